The number of benzene rings is 1. The molecule has 4 nitrogen and oxygen atoms in total. The monoisotopic (exact) mass is 245 g/mol. The predicted molar refractivity (Wildman–Crippen MR) is 72.3 cm³/mol. The number of aryl methyl sites for hydroxylation is 1. The number of methoxy groups -OCH3 is 1. The highest BCUT2D eigenvalue weighted by Crippen LogP contribution is 2.21. The number of hydrogen-bond acceptors (Lipinski definition) is 3. The number of ether oxygens (including phenoxy) is 1. The average molecular weight is 245 g/mol. The van der Waals surface area contributed by atoms with Crippen LogP contribution >= 0.6 is 0 Å². The molecule has 18 heavy (non-hydrogen) atoms. The molecule has 4 heteroatoms. The van der Waals surface area contributed by atoms with Crippen LogP contribution in [-0.2, 0) is 11.3 Å². The second-order valence-corrected chi connectivity index (χ2v) is 4.31. The quantitative estimate of drug-likeness (QED) is 0.766. The van der Waals surface area contributed by atoms with E-state index in [9.17, 15) is 0 Å². The number of nitrogens with zero attached hydrogens (tertiary/aromatic N) is 1. The number of hydrogen-bond donors (Lipinski definition) is 2. The number of aromatic amines is 1. The SMILES string of the molecule is COCCNCc1cn[nH]c1-c1cccc(C)c1. The first-order chi connectivity index (χ1) is 8.81. The van der Waals surface area contributed by atoms with E-state index in [1.54, 1.807) is 7.11 Å². The molecule has 2 aromatic rings. The average Bonchev–Trinajstić information content (AvgIpc) is 2.83. The van der Waals surface area contributed by atoms with E-state index >= 15 is 0 Å². The van der Waals surface area contributed by atoms with Crippen molar-refractivity contribution >= 4 is 0 Å². The van der Waals surface area contributed by atoms with Gasteiger partial charge in [-0.2, -0.15) is 5.10 Å². The van der Waals surface area contributed by atoms with Crippen LogP contribution in [0.5, 0.6) is 0 Å². The van der Waals surface area contributed by atoms with Crippen LogP contribution in [0.2, 0.25) is 0 Å². The third-order valence-electron chi connectivity index (χ3n) is 2.82. The number of H-pyrrole nitrogens is 1. The van der Waals surface area contributed by atoms with Crippen LogP contribution in [0.15, 0.2) is 30.5 Å². The van der Waals surface area contributed by atoms with Crippen molar-refractivity contribution < 1.29 is 4.74 Å². The Morgan fingerprint density at radius 3 is 3.06 bits per heavy atom. The summed E-state index contributed by atoms with van der Waals surface area (Å²) in [6, 6.07) is 8.41. The van der Waals surface area contributed by atoms with Gasteiger partial charge in [0.1, 0.15) is 0 Å². The Morgan fingerprint density at radius 2 is 2.28 bits per heavy atom. The Morgan fingerprint density at radius 1 is 1.39 bits per heavy atom. The van der Waals surface area contributed by atoms with Crippen LogP contribution < -0.4 is 5.32 Å². The largest absolute Gasteiger partial charge is 0.383 e. The minimum absolute atomic E-state index is 0.720. The van der Waals surface area contributed by atoms with Crippen molar-refractivity contribution in [3.63, 3.8) is 0 Å². The summed E-state index contributed by atoms with van der Waals surface area (Å²) < 4.78 is 5.01. The lowest BCUT2D eigenvalue weighted by molar-refractivity contribution is 0.199. The van der Waals surface area contributed by atoms with E-state index in [0.717, 1.165) is 25.4 Å². The van der Waals surface area contributed by atoms with Crippen molar-refractivity contribution in [3.8, 4) is 11.3 Å². The summed E-state index contributed by atoms with van der Waals surface area (Å²) in [5.41, 5.74) is 4.69. The molecule has 1 heterocycles. The van der Waals surface area contributed by atoms with Crippen molar-refractivity contribution in [1.82, 2.24) is 15.5 Å². The highest BCUT2D eigenvalue weighted by Gasteiger charge is 2.07. The standard InChI is InChI=1S/C14H19N3O/c1-11-4-3-5-12(8-11)14-13(10-16-17-14)9-15-6-7-18-2/h3-5,8,10,15H,6-7,9H2,1-2H3,(H,16,17). The Hall–Kier alpha value is -1.65. The van der Waals surface area contributed by atoms with Gasteiger partial charge in [0.25, 0.3) is 0 Å². The van der Waals surface area contributed by atoms with Gasteiger partial charge in [-0.15, -0.1) is 0 Å². The molecule has 0 saturated heterocycles. The fourth-order valence-corrected chi connectivity index (χ4v) is 1.89. The van der Waals surface area contributed by atoms with E-state index < -0.39 is 0 Å². The molecule has 0 unspecified atom stereocenters. The highest BCUT2D eigenvalue weighted by molar-refractivity contribution is 5.63. The Kier molecular flexibility index (Phi) is 4.50. The molecule has 0 spiro atoms. The summed E-state index contributed by atoms with van der Waals surface area (Å²) in [6.45, 7) is 4.45. The van der Waals surface area contributed by atoms with Crippen molar-refractivity contribution in [2.75, 3.05) is 20.3 Å². The number of aromatic nitrogens is 2. The molecule has 0 amide bonds. The van der Waals surface area contributed by atoms with Crippen LogP contribution in [0, 0.1) is 6.92 Å². The molecular formula is C14H19N3O. The van der Waals surface area contributed by atoms with Gasteiger partial charge in [-0.1, -0.05) is 23.8 Å². The van der Waals surface area contributed by atoms with Gasteiger partial charge in [-0.05, 0) is 13.0 Å². The minimum atomic E-state index is 0.720. The zero-order valence-electron chi connectivity index (χ0n) is 10.9. The molecule has 0 saturated carbocycles. The Labute approximate surface area is 107 Å². The third-order valence-corrected chi connectivity index (χ3v) is 2.82. The fraction of sp³-hybridized carbons (Fsp3) is 0.357. The number of nitrogens with one attached hydrogen (secondary N) is 2. The topological polar surface area (TPSA) is 49.9 Å². The van der Waals surface area contributed by atoms with Gasteiger partial charge in [0.05, 0.1) is 18.5 Å². The maximum Gasteiger partial charge on any atom is 0.0695 e. The van der Waals surface area contributed by atoms with Crippen molar-refractivity contribution in [3.05, 3.63) is 41.6 Å². The molecule has 2 rings (SSSR count). The lowest BCUT2D eigenvalue weighted by Crippen LogP contribution is -2.18. The van der Waals surface area contributed by atoms with Gasteiger partial charge in [0.2, 0.25) is 0 Å². The first-order valence-electron chi connectivity index (χ1n) is 6.10. The van der Waals surface area contributed by atoms with Crippen molar-refractivity contribution in [2.45, 2.75) is 13.5 Å². The molecule has 0 atom stereocenters. The van der Waals surface area contributed by atoms with Gasteiger partial charge >= 0.3 is 0 Å². The molecule has 0 aliphatic heterocycles. The molecule has 1 aromatic carbocycles. The van der Waals surface area contributed by atoms with E-state index in [1.807, 2.05) is 6.20 Å². The first-order valence-corrected chi connectivity index (χ1v) is 6.10. The molecular weight excluding hydrogens is 226 g/mol. The molecule has 1 aromatic heterocycles. The molecule has 0 bridgehead atoms. The van der Waals surface area contributed by atoms with E-state index in [0.29, 0.717) is 0 Å². The van der Waals surface area contributed by atoms with Crippen LogP contribution in [0.3, 0.4) is 0 Å². The smallest absolute Gasteiger partial charge is 0.0695 e. The van der Waals surface area contributed by atoms with Crippen LogP contribution in [0.4, 0.5) is 0 Å². The van der Waals surface area contributed by atoms with Gasteiger partial charge in [-0.3, -0.25) is 5.10 Å². The number of rotatable bonds is 6. The highest BCUT2D eigenvalue weighted by atomic mass is 16.5. The first kappa shape index (κ1) is 12.8. The van der Waals surface area contributed by atoms with Gasteiger partial charge in [-0.25, -0.2) is 0 Å². The fourth-order valence-electron chi connectivity index (χ4n) is 1.89. The second-order valence-electron chi connectivity index (χ2n) is 4.31. The summed E-state index contributed by atoms with van der Waals surface area (Å²) in [5, 5.41) is 10.5. The van der Waals surface area contributed by atoms with Crippen LogP contribution in [0.1, 0.15) is 11.1 Å². The predicted octanol–water partition coefficient (Wildman–Crippen LogP) is 2.12. The molecule has 0 aliphatic rings. The second kappa shape index (κ2) is 6.33. The summed E-state index contributed by atoms with van der Waals surface area (Å²) in [7, 11) is 1.71. The Bertz CT molecular complexity index is 493. The van der Waals surface area contributed by atoms with E-state index in [-0.39, 0.29) is 0 Å². The molecule has 0 radical (unpaired) electrons. The minimum Gasteiger partial charge on any atom is -0.383 e. The lowest BCUT2D eigenvalue weighted by Gasteiger charge is -2.06. The molecule has 96 valence electrons. The summed E-state index contributed by atoms with van der Waals surface area (Å²) in [4.78, 5) is 0. The molecule has 0 aliphatic carbocycles. The zero-order valence-corrected chi connectivity index (χ0v) is 10.9. The van der Waals surface area contributed by atoms with Crippen LogP contribution in [-0.4, -0.2) is 30.5 Å². The summed E-state index contributed by atoms with van der Waals surface area (Å²) >= 11 is 0. The molecule has 0 fully saturated rings. The maximum atomic E-state index is 5.01. The van der Waals surface area contributed by atoms with Gasteiger partial charge in [0, 0.05) is 31.3 Å². The zero-order chi connectivity index (χ0) is 12.8. The van der Waals surface area contributed by atoms with Crippen LogP contribution in [0.25, 0.3) is 11.3 Å². The van der Waals surface area contributed by atoms with Crippen molar-refractivity contribution in [2.24, 2.45) is 0 Å². The maximum absolute atomic E-state index is 5.01. The lowest BCUT2D eigenvalue weighted by atomic mass is 10.1. The third kappa shape index (κ3) is 3.18. The van der Waals surface area contributed by atoms with Gasteiger partial charge in [0.15, 0.2) is 0 Å². The summed E-state index contributed by atoms with van der Waals surface area (Å²) in [5.74, 6) is 0. The van der Waals surface area contributed by atoms with E-state index in [2.05, 4.69) is 46.7 Å². The van der Waals surface area contributed by atoms with Gasteiger partial charge < -0.3 is 10.1 Å². The molecule has 2 N–H and O–H groups in total. The van der Waals surface area contributed by atoms with E-state index in [4.69, 9.17) is 4.74 Å². The normalized spacial score (nSPS) is 10.8. The Balaban J connectivity index is 2.08. The van der Waals surface area contributed by atoms with Crippen molar-refractivity contribution in [1.29, 1.82) is 0 Å². The van der Waals surface area contributed by atoms with E-state index in [1.165, 1.54) is 16.7 Å². The summed E-state index contributed by atoms with van der Waals surface area (Å²) in [6.07, 6.45) is 1.87.